The Balaban J connectivity index is 1.84. The molecule has 0 spiro atoms. The van der Waals surface area contributed by atoms with Crippen LogP contribution in [-0.4, -0.2) is 60.7 Å². The maximum Gasteiger partial charge on any atom is 0.336 e. The summed E-state index contributed by atoms with van der Waals surface area (Å²) in [6, 6.07) is 11.2. The first-order valence-electron chi connectivity index (χ1n) is 12.1. The Hall–Kier alpha value is -4.07. The molecule has 12 nitrogen and oxygen atoms in total. The summed E-state index contributed by atoms with van der Waals surface area (Å²) in [6.07, 6.45) is 0.211. The molecule has 3 N–H and O–H groups in total. The van der Waals surface area contributed by atoms with Crippen LogP contribution in [0.2, 0.25) is 0 Å². The van der Waals surface area contributed by atoms with Crippen LogP contribution in [-0.2, 0) is 35.3 Å². The number of non-ortho nitro benzene ring substituents is 1. The minimum absolute atomic E-state index is 0.0826. The summed E-state index contributed by atoms with van der Waals surface area (Å²) in [6.45, 7) is 3.18. The van der Waals surface area contributed by atoms with Crippen molar-refractivity contribution in [1.82, 2.24) is 5.32 Å². The number of dihydropyridines is 1. The zero-order valence-corrected chi connectivity index (χ0v) is 23.1. The lowest BCUT2D eigenvalue weighted by Crippen LogP contribution is -2.38. The second kappa shape index (κ2) is 12.0. The molecule has 2 aromatic rings. The van der Waals surface area contributed by atoms with Gasteiger partial charge in [0.2, 0.25) is 9.84 Å². The lowest BCUT2D eigenvalue weighted by atomic mass is 9.80. The SMILES string of the molecule is COC(=O)C1=C(C)NC(C)=C(C(=O)OCCc2ccc(S(=O)(=O)C(C)(O)CO)cc2)C1c1cccc([N+](=O)[O-])c1. The predicted molar refractivity (Wildman–Crippen MR) is 142 cm³/mol. The standard InChI is InChI=1S/C27H30N2O10S/c1-16-22(25(31)38-4)24(19-6-5-7-20(14-19)29(34)35)23(17(2)28-16)26(32)39-13-12-18-8-10-21(11-9-18)40(36,37)27(3,33)15-30/h5-11,14,24,28,30,33H,12-13,15H2,1-4H3. The molecule has 1 aliphatic heterocycles. The smallest absolute Gasteiger partial charge is 0.336 e. The fourth-order valence-corrected chi connectivity index (χ4v) is 5.48. The molecule has 3 rings (SSSR count). The first kappa shape index (κ1) is 30.5. The molecular weight excluding hydrogens is 544 g/mol. The van der Waals surface area contributed by atoms with Gasteiger partial charge in [0.1, 0.15) is 0 Å². The number of aliphatic hydroxyl groups excluding tert-OH is 1. The molecule has 0 fully saturated rings. The molecule has 40 heavy (non-hydrogen) atoms. The van der Waals surface area contributed by atoms with Gasteiger partial charge in [0.05, 0.1) is 47.2 Å². The van der Waals surface area contributed by atoms with E-state index in [4.69, 9.17) is 9.47 Å². The Morgan fingerprint density at radius 3 is 2.23 bits per heavy atom. The number of esters is 2. The van der Waals surface area contributed by atoms with Crippen molar-refractivity contribution in [3.05, 3.63) is 92.3 Å². The van der Waals surface area contributed by atoms with E-state index in [-0.39, 0.29) is 34.8 Å². The summed E-state index contributed by atoms with van der Waals surface area (Å²) >= 11 is 0. The zero-order valence-electron chi connectivity index (χ0n) is 22.3. The number of hydrogen-bond donors (Lipinski definition) is 3. The summed E-state index contributed by atoms with van der Waals surface area (Å²) in [5, 5.41) is 33.6. The van der Waals surface area contributed by atoms with Crippen LogP contribution in [0.4, 0.5) is 5.69 Å². The van der Waals surface area contributed by atoms with Crippen molar-refractivity contribution in [3.8, 4) is 0 Å². The Labute approximate surface area is 231 Å². The van der Waals surface area contributed by atoms with Crippen molar-refractivity contribution >= 4 is 27.5 Å². The zero-order chi connectivity index (χ0) is 29.8. The van der Waals surface area contributed by atoms with Gasteiger partial charge < -0.3 is 25.0 Å². The van der Waals surface area contributed by atoms with E-state index in [0.29, 0.717) is 22.5 Å². The average Bonchev–Trinajstić information content (AvgIpc) is 2.92. The number of allylic oxidation sites excluding steroid dienone is 2. The third kappa shape index (κ3) is 6.06. The summed E-state index contributed by atoms with van der Waals surface area (Å²) in [5.41, 5.74) is 1.76. The van der Waals surface area contributed by atoms with Gasteiger partial charge in [-0.3, -0.25) is 10.1 Å². The van der Waals surface area contributed by atoms with Gasteiger partial charge in [-0.25, -0.2) is 18.0 Å². The molecule has 0 radical (unpaired) electrons. The van der Waals surface area contributed by atoms with Crippen molar-refractivity contribution in [2.75, 3.05) is 20.3 Å². The fraction of sp³-hybridized carbons (Fsp3) is 0.333. The van der Waals surface area contributed by atoms with E-state index in [1.165, 1.54) is 49.6 Å². The van der Waals surface area contributed by atoms with Gasteiger partial charge in [-0.1, -0.05) is 24.3 Å². The number of nitro groups is 1. The molecule has 0 aliphatic carbocycles. The summed E-state index contributed by atoms with van der Waals surface area (Å²) < 4.78 is 35.4. The molecule has 0 saturated carbocycles. The second-order valence-corrected chi connectivity index (χ2v) is 11.7. The normalized spacial score (nSPS) is 17.1. The number of carbonyl (C=O) groups excluding carboxylic acids is 2. The summed E-state index contributed by atoms with van der Waals surface area (Å²) in [5.74, 6) is -2.46. The van der Waals surface area contributed by atoms with Crippen LogP contribution in [0, 0.1) is 10.1 Å². The van der Waals surface area contributed by atoms with Crippen molar-refractivity contribution < 1.29 is 42.6 Å². The van der Waals surface area contributed by atoms with Crippen LogP contribution in [0.3, 0.4) is 0 Å². The number of sulfone groups is 1. The Kier molecular flexibility index (Phi) is 9.13. The largest absolute Gasteiger partial charge is 0.466 e. The number of ether oxygens (including phenoxy) is 2. The molecule has 214 valence electrons. The van der Waals surface area contributed by atoms with Crippen molar-refractivity contribution in [1.29, 1.82) is 0 Å². The molecule has 0 saturated heterocycles. The van der Waals surface area contributed by atoms with Crippen LogP contribution < -0.4 is 5.32 Å². The number of hydrogen-bond acceptors (Lipinski definition) is 11. The Morgan fingerprint density at radius 2 is 1.68 bits per heavy atom. The molecule has 1 aliphatic rings. The summed E-state index contributed by atoms with van der Waals surface area (Å²) in [7, 11) is -3.01. The number of benzene rings is 2. The molecule has 13 heteroatoms. The molecule has 2 aromatic carbocycles. The van der Waals surface area contributed by atoms with Gasteiger partial charge in [-0.2, -0.15) is 0 Å². The topological polar surface area (TPSA) is 182 Å². The van der Waals surface area contributed by atoms with Crippen LogP contribution in [0.1, 0.15) is 37.8 Å². The molecule has 1 heterocycles. The Morgan fingerprint density at radius 1 is 1.07 bits per heavy atom. The highest BCUT2D eigenvalue weighted by atomic mass is 32.2. The van der Waals surface area contributed by atoms with Gasteiger partial charge in [-0.15, -0.1) is 0 Å². The van der Waals surface area contributed by atoms with E-state index in [1.807, 2.05) is 0 Å². The van der Waals surface area contributed by atoms with E-state index >= 15 is 0 Å². The number of rotatable bonds is 10. The van der Waals surface area contributed by atoms with Gasteiger partial charge in [0.25, 0.3) is 5.69 Å². The molecule has 0 aromatic heterocycles. The van der Waals surface area contributed by atoms with Gasteiger partial charge in [0, 0.05) is 29.9 Å². The highest BCUT2D eigenvalue weighted by Crippen LogP contribution is 2.40. The Bertz CT molecular complexity index is 1490. The molecular formula is C27H30N2O10S. The fourth-order valence-electron chi connectivity index (χ4n) is 4.31. The highest BCUT2D eigenvalue weighted by Gasteiger charge is 2.39. The summed E-state index contributed by atoms with van der Waals surface area (Å²) in [4.78, 5) is 34.4. The maximum absolute atomic E-state index is 13.3. The number of nitrogens with one attached hydrogen (secondary N) is 1. The van der Waals surface area contributed by atoms with Gasteiger partial charge in [0.15, 0.2) is 4.93 Å². The van der Waals surface area contributed by atoms with Crippen LogP contribution >= 0.6 is 0 Å². The number of methoxy groups -OCH3 is 1. The molecule has 0 amide bonds. The van der Waals surface area contributed by atoms with Gasteiger partial charge in [-0.05, 0) is 44.0 Å². The highest BCUT2D eigenvalue weighted by molar-refractivity contribution is 7.92. The average molecular weight is 575 g/mol. The number of nitrogens with zero attached hydrogens (tertiary/aromatic N) is 1. The van der Waals surface area contributed by atoms with Crippen LogP contribution in [0.15, 0.2) is 76.0 Å². The first-order chi connectivity index (χ1) is 18.7. The number of carbonyl (C=O) groups is 2. The van der Waals surface area contributed by atoms with E-state index < -0.39 is 44.2 Å². The van der Waals surface area contributed by atoms with Crippen LogP contribution in [0.25, 0.3) is 0 Å². The molecule has 2 unspecified atom stereocenters. The van der Waals surface area contributed by atoms with Crippen molar-refractivity contribution in [3.63, 3.8) is 0 Å². The maximum atomic E-state index is 13.3. The monoisotopic (exact) mass is 574 g/mol. The van der Waals surface area contributed by atoms with E-state index in [2.05, 4.69) is 5.32 Å². The van der Waals surface area contributed by atoms with Crippen molar-refractivity contribution in [2.24, 2.45) is 0 Å². The third-order valence-corrected chi connectivity index (χ3v) is 8.71. The van der Waals surface area contributed by atoms with Crippen LogP contribution in [0.5, 0.6) is 0 Å². The quantitative estimate of drug-likeness (QED) is 0.215. The minimum atomic E-state index is -4.20. The predicted octanol–water partition coefficient (Wildman–Crippen LogP) is 2.26. The van der Waals surface area contributed by atoms with E-state index in [9.17, 15) is 38.3 Å². The third-order valence-electron chi connectivity index (χ3n) is 6.53. The minimum Gasteiger partial charge on any atom is -0.466 e. The van der Waals surface area contributed by atoms with Gasteiger partial charge >= 0.3 is 11.9 Å². The second-order valence-electron chi connectivity index (χ2n) is 9.35. The lowest BCUT2D eigenvalue weighted by Gasteiger charge is -2.30. The number of aliphatic hydroxyl groups is 2. The number of nitro benzene ring substituents is 1. The van der Waals surface area contributed by atoms with E-state index in [1.54, 1.807) is 19.9 Å². The van der Waals surface area contributed by atoms with Crippen molar-refractivity contribution in [2.45, 2.75) is 42.9 Å². The van der Waals surface area contributed by atoms with E-state index in [0.717, 1.165) is 6.92 Å². The molecule has 2 atom stereocenters. The molecule has 0 bridgehead atoms. The first-order valence-corrected chi connectivity index (χ1v) is 13.6. The lowest BCUT2D eigenvalue weighted by molar-refractivity contribution is -0.384.